The Morgan fingerprint density at radius 3 is 2.80 bits per heavy atom. The average molecular weight is 289 g/mol. The van der Waals surface area contributed by atoms with Crippen LogP contribution in [0.15, 0.2) is 35.2 Å². The van der Waals surface area contributed by atoms with E-state index in [0.717, 1.165) is 16.8 Å². The largest absolute Gasteiger partial charge is 0.334 e. The number of aromatic nitrogens is 1. The van der Waals surface area contributed by atoms with E-state index >= 15 is 0 Å². The molecule has 2 N–H and O–H groups in total. The summed E-state index contributed by atoms with van der Waals surface area (Å²) in [6.45, 7) is 6.34. The minimum absolute atomic E-state index is 0.161. The lowest BCUT2D eigenvalue weighted by molar-refractivity contribution is 0.231. The minimum atomic E-state index is -0.232. The van der Waals surface area contributed by atoms with Gasteiger partial charge in [-0.15, -0.1) is 0 Å². The van der Waals surface area contributed by atoms with Crippen LogP contribution in [0.2, 0.25) is 0 Å². The summed E-state index contributed by atoms with van der Waals surface area (Å²) in [5, 5.41) is 9.81. The molecule has 2 amide bonds. The van der Waals surface area contributed by atoms with Gasteiger partial charge in [0.25, 0.3) is 0 Å². The zero-order valence-corrected chi connectivity index (χ0v) is 12.8. The molecule has 2 heterocycles. The summed E-state index contributed by atoms with van der Waals surface area (Å²) in [7, 11) is 0. The molecule has 0 fully saturated rings. The van der Waals surface area contributed by atoms with Crippen LogP contribution in [0.3, 0.4) is 0 Å². The third kappa shape index (κ3) is 4.35. The average Bonchev–Trinajstić information content (AvgIpc) is 2.88. The maximum atomic E-state index is 11.7. The van der Waals surface area contributed by atoms with Crippen molar-refractivity contribution in [1.29, 1.82) is 0 Å². The van der Waals surface area contributed by atoms with Gasteiger partial charge in [-0.1, -0.05) is 0 Å². The minimum Gasteiger partial charge on any atom is -0.334 e. The monoisotopic (exact) mass is 289 g/mol. The number of nitrogens with zero attached hydrogens (tertiary/aromatic N) is 1. The van der Waals surface area contributed by atoms with Crippen molar-refractivity contribution in [3.8, 4) is 11.3 Å². The molecule has 0 aliphatic rings. The summed E-state index contributed by atoms with van der Waals surface area (Å²) in [6.07, 6.45) is 1.77. The Morgan fingerprint density at radius 1 is 1.35 bits per heavy atom. The molecule has 2 aromatic heterocycles. The molecule has 0 spiro atoms. The van der Waals surface area contributed by atoms with E-state index in [0.29, 0.717) is 6.54 Å². The van der Waals surface area contributed by atoms with E-state index in [-0.39, 0.29) is 11.6 Å². The second-order valence-electron chi connectivity index (χ2n) is 5.62. The molecule has 0 aromatic carbocycles. The van der Waals surface area contributed by atoms with Crippen LogP contribution in [0, 0.1) is 0 Å². The summed E-state index contributed by atoms with van der Waals surface area (Å²) in [6, 6.07) is 5.79. The van der Waals surface area contributed by atoms with Crippen LogP contribution in [-0.2, 0) is 6.54 Å². The van der Waals surface area contributed by atoms with Crippen LogP contribution < -0.4 is 10.6 Å². The molecular weight excluding hydrogens is 270 g/mol. The molecule has 2 aromatic rings. The van der Waals surface area contributed by atoms with Crippen molar-refractivity contribution in [3.63, 3.8) is 0 Å². The number of rotatable bonds is 3. The second kappa shape index (κ2) is 6.05. The zero-order chi connectivity index (χ0) is 14.6. The fourth-order valence-corrected chi connectivity index (χ4v) is 2.37. The Kier molecular flexibility index (Phi) is 4.39. The Hall–Kier alpha value is -1.88. The van der Waals surface area contributed by atoms with Crippen molar-refractivity contribution in [2.45, 2.75) is 32.9 Å². The van der Waals surface area contributed by atoms with Crippen molar-refractivity contribution < 1.29 is 4.79 Å². The van der Waals surface area contributed by atoms with Gasteiger partial charge in [-0.2, -0.15) is 11.3 Å². The highest BCUT2D eigenvalue weighted by molar-refractivity contribution is 7.08. The molecule has 20 heavy (non-hydrogen) atoms. The number of pyridine rings is 1. The quantitative estimate of drug-likeness (QED) is 0.909. The number of urea groups is 1. The van der Waals surface area contributed by atoms with Gasteiger partial charge in [0.15, 0.2) is 0 Å². The smallest absolute Gasteiger partial charge is 0.315 e. The predicted molar refractivity (Wildman–Crippen MR) is 82.7 cm³/mol. The van der Waals surface area contributed by atoms with E-state index in [2.05, 4.69) is 21.0 Å². The summed E-state index contributed by atoms with van der Waals surface area (Å²) < 4.78 is 0. The van der Waals surface area contributed by atoms with Crippen molar-refractivity contribution in [2.24, 2.45) is 0 Å². The summed E-state index contributed by atoms with van der Waals surface area (Å²) in [4.78, 5) is 16.1. The van der Waals surface area contributed by atoms with Crippen molar-refractivity contribution in [2.75, 3.05) is 0 Å². The summed E-state index contributed by atoms with van der Waals surface area (Å²) >= 11 is 1.65. The molecule has 0 aliphatic heterocycles. The van der Waals surface area contributed by atoms with E-state index in [9.17, 15) is 4.79 Å². The molecule has 5 heteroatoms. The molecular formula is C15H19N3OS. The van der Waals surface area contributed by atoms with E-state index < -0.39 is 0 Å². The third-order valence-corrected chi connectivity index (χ3v) is 3.27. The standard InChI is InChI=1S/C15H19N3OS/c1-15(2,3)18-14(19)17-9-11-4-6-16-13(8-11)12-5-7-20-10-12/h4-8,10H,9H2,1-3H3,(H2,17,18,19). The van der Waals surface area contributed by atoms with Crippen LogP contribution in [0.5, 0.6) is 0 Å². The van der Waals surface area contributed by atoms with Crippen molar-refractivity contribution in [3.05, 3.63) is 40.7 Å². The van der Waals surface area contributed by atoms with Gasteiger partial charge in [0.2, 0.25) is 0 Å². The number of hydrogen-bond acceptors (Lipinski definition) is 3. The van der Waals surface area contributed by atoms with Crippen molar-refractivity contribution in [1.82, 2.24) is 15.6 Å². The van der Waals surface area contributed by atoms with Gasteiger partial charge in [-0.25, -0.2) is 4.79 Å². The van der Waals surface area contributed by atoms with Gasteiger partial charge in [0.05, 0.1) is 5.69 Å². The molecule has 4 nitrogen and oxygen atoms in total. The van der Waals surface area contributed by atoms with Crippen LogP contribution in [0.4, 0.5) is 4.79 Å². The van der Waals surface area contributed by atoms with Crippen LogP contribution in [-0.4, -0.2) is 16.6 Å². The number of thiophene rings is 1. The molecule has 2 rings (SSSR count). The van der Waals surface area contributed by atoms with Gasteiger partial charge >= 0.3 is 6.03 Å². The third-order valence-electron chi connectivity index (χ3n) is 2.58. The zero-order valence-electron chi connectivity index (χ0n) is 11.9. The predicted octanol–water partition coefficient (Wildman–Crippen LogP) is 3.41. The topological polar surface area (TPSA) is 54.0 Å². The maximum absolute atomic E-state index is 11.7. The van der Waals surface area contributed by atoms with Gasteiger partial charge in [-0.3, -0.25) is 4.98 Å². The first kappa shape index (κ1) is 14.5. The first-order valence-corrected chi connectivity index (χ1v) is 7.42. The van der Waals surface area contributed by atoms with Gasteiger partial charge in [0, 0.05) is 29.2 Å². The first-order chi connectivity index (χ1) is 9.44. The molecule has 106 valence electrons. The molecule has 0 radical (unpaired) electrons. The molecule has 0 saturated carbocycles. The molecule has 0 atom stereocenters. The van der Waals surface area contributed by atoms with Gasteiger partial charge in [-0.05, 0) is 49.9 Å². The highest BCUT2D eigenvalue weighted by atomic mass is 32.1. The maximum Gasteiger partial charge on any atom is 0.315 e. The number of amides is 2. The highest BCUT2D eigenvalue weighted by Gasteiger charge is 2.13. The van der Waals surface area contributed by atoms with Crippen LogP contribution >= 0.6 is 11.3 Å². The molecule has 0 bridgehead atoms. The van der Waals surface area contributed by atoms with E-state index in [1.54, 1.807) is 17.5 Å². The number of hydrogen-bond donors (Lipinski definition) is 2. The van der Waals surface area contributed by atoms with E-state index in [4.69, 9.17) is 0 Å². The SMILES string of the molecule is CC(C)(C)NC(=O)NCc1ccnc(-c2ccsc2)c1. The Bertz CT molecular complexity index is 573. The fourth-order valence-electron chi connectivity index (χ4n) is 1.72. The normalized spacial score (nSPS) is 11.2. The summed E-state index contributed by atoms with van der Waals surface area (Å²) in [5.74, 6) is 0. The number of carbonyl (C=O) groups excluding carboxylic acids is 1. The van der Waals surface area contributed by atoms with Crippen LogP contribution in [0.25, 0.3) is 11.3 Å². The highest BCUT2D eigenvalue weighted by Crippen LogP contribution is 2.20. The van der Waals surface area contributed by atoms with Gasteiger partial charge in [0.1, 0.15) is 0 Å². The fraction of sp³-hybridized carbons (Fsp3) is 0.333. The second-order valence-corrected chi connectivity index (χ2v) is 6.40. The van der Waals surface area contributed by atoms with E-state index in [1.807, 2.05) is 44.4 Å². The summed E-state index contributed by atoms with van der Waals surface area (Å²) in [5.41, 5.74) is 2.84. The lowest BCUT2D eigenvalue weighted by Crippen LogP contribution is -2.46. The van der Waals surface area contributed by atoms with Crippen LogP contribution in [0.1, 0.15) is 26.3 Å². The lowest BCUT2D eigenvalue weighted by atomic mass is 10.1. The van der Waals surface area contributed by atoms with Gasteiger partial charge < -0.3 is 10.6 Å². The lowest BCUT2D eigenvalue weighted by Gasteiger charge is -2.20. The first-order valence-electron chi connectivity index (χ1n) is 6.47. The molecule has 0 aliphatic carbocycles. The Balaban J connectivity index is 1.97. The van der Waals surface area contributed by atoms with E-state index in [1.165, 1.54) is 0 Å². The van der Waals surface area contributed by atoms with Crippen molar-refractivity contribution >= 4 is 17.4 Å². The molecule has 0 saturated heterocycles. The molecule has 0 unspecified atom stereocenters. The Labute approximate surface area is 123 Å². The number of nitrogens with one attached hydrogen (secondary N) is 2. The number of carbonyl (C=O) groups is 1. The Morgan fingerprint density at radius 2 is 2.15 bits per heavy atom.